The molecular formula is C17H20N2O4S. The zero-order valence-corrected chi connectivity index (χ0v) is 14.4. The molecule has 2 aromatic carbocycles. The average Bonchev–Trinajstić information content (AvgIpc) is 2.52. The number of amides is 1. The average molecular weight is 348 g/mol. The summed E-state index contributed by atoms with van der Waals surface area (Å²) in [6.45, 7) is 0.328. The molecule has 6 nitrogen and oxygen atoms in total. The van der Waals surface area contributed by atoms with E-state index in [1.54, 1.807) is 25.3 Å². The summed E-state index contributed by atoms with van der Waals surface area (Å²) in [6.07, 6.45) is 1.36. The van der Waals surface area contributed by atoms with Crippen molar-refractivity contribution in [3.05, 3.63) is 59.7 Å². The molecule has 1 amide bonds. The van der Waals surface area contributed by atoms with Crippen LogP contribution < -0.4 is 14.8 Å². The Kier molecular flexibility index (Phi) is 5.81. The molecule has 0 aliphatic carbocycles. The second-order valence-corrected chi connectivity index (χ2v) is 7.12. The van der Waals surface area contributed by atoms with E-state index in [9.17, 15) is 13.2 Å². The molecule has 0 bridgehead atoms. The van der Waals surface area contributed by atoms with E-state index in [4.69, 9.17) is 4.74 Å². The van der Waals surface area contributed by atoms with Gasteiger partial charge >= 0.3 is 0 Å². The number of hydrogen-bond donors (Lipinski definition) is 2. The number of ether oxygens (including phenoxy) is 1. The molecule has 2 N–H and O–H groups in total. The summed E-state index contributed by atoms with van der Waals surface area (Å²) in [5.74, 6) is 0.635. The van der Waals surface area contributed by atoms with Gasteiger partial charge in [-0.25, -0.2) is 8.42 Å². The lowest BCUT2D eigenvalue weighted by Gasteiger charge is -2.08. The molecule has 7 heteroatoms. The van der Waals surface area contributed by atoms with E-state index in [1.165, 1.54) is 0 Å². The highest BCUT2D eigenvalue weighted by atomic mass is 32.2. The van der Waals surface area contributed by atoms with Crippen molar-refractivity contribution in [2.45, 2.75) is 13.0 Å². The zero-order valence-electron chi connectivity index (χ0n) is 13.6. The Morgan fingerprint density at radius 3 is 2.42 bits per heavy atom. The predicted octanol–water partition coefficient (Wildman–Crippen LogP) is 1.93. The number of hydrogen-bond acceptors (Lipinski definition) is 4. The topological polar surface area (TPSA) is 84.5 Å². The molecule has 0 unspecified atom stereocenters. The fraction of sp³-hybridized carbons (Fsp3) is 0.235. The van der Waals surface area contributed by atoms with Gasteiger partial charge in [0.15, 0.2) is 0 Å². The first-order valence-corrected chi connectivity index (χ1v) is 9.21. The van der Waals surface area contributed by atoms with Crippen LogP contribution in [0.3, 0.4) is 0 Å². The van der Waals surface area contributed by atoms with Crippen LogP contribution in [-0.4, -0.2) is 27.7 Å². The number of benzene rings is 2. The highest BCUT2D eigenvalue weighted by Crippen LogP contribution is 2.13. The smallest absolute Gasteiger partial charge is 0.229 e. The minimum Gasteiger partial charge on any atom is -0.497 e. The van der Waals surface area contributed by atoms with E-state index < -0.39 is 10.0 Å². The van der Waals surface area contributed by atoms with Gasteiger partial charge in [-0.15, -0.1) is 0 Å². The van der Waals surface area contributed by atoms with Crippen LogP contribution in [0.25, 0.3) is 0 Å². The largest absolute Gasteiger partial charge is 0.497 e. The first-order valence-electron chi connectivity index (χ1n) is 7.32. The van der Waals surface area contributed by atoms with Crippen LogP contribution in [-0.2, 0) is 27.8 Å². The van der Waals surface area contributed by atoms with Gasteiger partial charge in [-0.3, -0.25) is 9.52 Å². The standard InChI is InChI=1S/C17H20N2O4S/c1-23-16-8-6-13(7-9-16)11-17(20)18-12-14-4-3-5-15(10-14)19-24(2,21)22/h3-10,19H,11-12H2,1-2H3,(H,18,20). The van der Waals surface area contributed by atoms with Gasteiger partial charge in [0.05, 0.1) is 19.8 Å². The van der Waals surface area contributed by atoms with Crippen LogP contribution in [0.2, 0.25) is 0 Å². The lowest BCUT2D eigenvalue weighted by Crippen LogP contribution is -2.24. The SMILES string of the molecule is COc1ccc(CC(=O)NCc2cccc(NS(C)(=O)=O)c2)cc1. The second-order valence-electron chi connectivity index (χ2n) is 5.38. The fourth-order valence-electron chi connectivity index (χ4n) is 2.15. The van der Waals surface area contributed by atoms with Gasteiger partial charge in [0.2, 0.25) is 15.9 Å². The van der Waals surface area contributed by atoms with Crippen molar-refractivity contribution in [3.63, 3.8) is 0 Å². The lowest BCUT2D eigenvalue weighted by atomic mass is 10.1. The molecule has 2 aromatic rings. The van der Waals surface area contributed by atoms with Gasteiger partial charge in [0.1, 0.15) is 5.75 Å². The molecule has 0 heterocycles. The first-order chi connectivity index (χ1) is 11.4. The summed E-state index contributed by atoms with van der Waals surface area (Å²) in [5.41, 5.74) is 2.17. The summed E-state index contributed by atoms with van der Waals surface area (Å²) >= 11 is 0. The molecule has 0 saturated heterocycles. The Labute approximate surface area is 141 Å². The summed E-state index contributed by atoms with van der Waals surface area (Å²) in [6, 6.07) is 14.2. The summed E-state index contributed by atoms with van der Waals surface area (Å²) in [4.78, 5) is 12.0. The molecule has 0 aliphatic rings. The highest BCUT2D eigenvalue weighted by molar-refractivity contribution is 7.92. The van der Waals surface area contributed by atoms with Gasteiger partial charge in [0, 0.05) is 12.2 Å². The Balaban J connectivity index is 1.90. The zero-order chi connectivity index (χ0) is 17.6. The molecule has 128 valence electrons. The van der Waals surface area contributed by atoms with Gasteiger partial charge < -0.3 is 10.1 Å². The molecular weight excluding hydrogens is 328 g/mol. The first kappa shape index (κ1) is 17.8. The highest BCUT2D eigenvalue weighted by Gasteiger charge is 2.06. The molecule has 0 spiro atoms. The Bertz CT molecular complexity index is 802. The number of carbonyl (C=O) groups is 1. The minimum atomic E-state index is -3.32. The minimum absolute atomic E-state index is 0.110. The van der Waals surface area contributed by atoms with Crippen molar-refractivity contribution < 1.29 is 17.9 Å². The maximum Gasteiger partial charge on any atom is 0.229 e. The maximum absolute atomic E-state index is 12.0. The quantitative estimate of drug-likeness (QED) is 0.801. The number of sulfonamides is 1. The van der Waals surface area contributed by atoms with E-state index in [2.05, 4.69) is 10.0 Å². The van der Waals surface area contributed by atoms with Crippen molar-refractivity contribution in [2.75, 3.05) is 18.1 Å². The molecule has 2 rings (SSSR count). The molecule has 0 fully saturated rings. The normalized spacial score (nSPS) is 10.9. The monoisotopic (exact) mass is 348 g/mol. The van der Waals surface area contributed by atoms with E-state index in [0.717, 1.165) is 23.1 Å². The fourth-order valence-corrected chi connectivity index (χ4v) is 2.71. The maximum atomic E-state index is 12.0. The van der Waals surface area contributed by atoms with E-state index in [1.807, 2.05) is 30.3 Å². The number of carbonyl (C=O) groups excluding carboxylic acids is 1. The summed E-state index contributed by atoms with van der Waals surface area (Å²) in [7, 11) is -1.73. The van der Waals surface area contributed by atoms with Crippen LogP contribution in [0.5, 0.6) is 5.75 Å². The van der Waals surface area contributed by atoms with Crippen LogP contribution in [0.1, 0.15) is 11.1 Å². The van der Waals surface area contributed by atoms with Crippen LogP contribution in [0.15, 0.2) is 48.5 Å². The third kappa shape index (κ3) is 5.92. The Morgan fingerprint density at radius 2 is 1.79 bits per heavy atom. The molecule has 0 aliphatic heterocycles. The van der Waals surface area contributed by atoms with E-state index in [0.29, 0.717) is 12.2 Å². The van der Waals surface area contributed by atoms with Gasteiger partial charge in [0.25, 0.3) is 0 Å². The van der Waals surface area contributed by atoms with Crippen molar-refractivity contribution in [1.82, 2.24) is 5.32 Å². The van der Waals surface area contributed by atoms with Crippen molar-refractivity contribution >= 4 is 21.6 Å². The summed E-state index contributed by atoms with van der Waals surface area (Å²) < 4.78 is 30.0. The number of anilines is 1. The number of nitrogens with one attached hydrogen (secondary N) is 2. The van der Waals surface area contributed by atoms with Crippen molar-refractivity contribution in [1.29, 1.82) is 0 Å². The number of methoxy groups -OCH3 is 1. The van der Waals surface area contributed by atoms with E-state index in [-0.39, 0.29) is 12.3 Å². The Hall–Kier alpha value is -2.54. The van der Waals surface area contributed by atoms with Gasteiger partial charge in [-0.1, -0.05) is 24.3 Å². The van der Waals surface area contributed by atoms with E-state index >= 15 is 0 Å². The van der Waals surface area contributed by atoms with Crippen LogP contribution in [0, 0.1) is 0 Å². The lowest BCUT2D eigenvalue weighted by molar-refractivity contribution is -0.120. The third-order valence-corrected chi connectivity index (χ3v) is 3.85. The van der Waals surface area contributed by atoms with Gasteiger partial charge in [-0.05, 0) is 35.4 Å². The van der Waals surface area contributed by atoms with Gasteiger partial charge in [-0.2, -0.15) is 0 Å². The molecule has 0 radical (unpaired) electrons. The molecule has 0 aromatic heterocycles. The molecule has 0 saturated carbocycles. The Morgan fingerprint density at radius 1 is 1.08 bits per heavy atom. The van der Waals surface area contributed by atoms with Crippen LogP contribution >= 0.6 is 0 Å². The molecule has 0 atom stereocenters. The van der Waals surface area contributed by atoms with Crippen molar-refractivity contribution in [2.24, 2.45) is 0 Å². The summed E-state index contributed by atoms with van der Waals surface area (Å²) in [5, 5.41) is 2.82. The van der Waals surface area contributed by atoms with Crippen molar-refractivity contribution in [3.8, 4) is 5.75 Å². The second kappa shape index (κ2) is 7.83. The third-order valence-electron chi connectivity index (χ3n) is 3.24. The van der Waals surface area contributed by atoms with Crippen LogP contribution in [0.4, 0.5) is 5.69 Å². The molecule has 24 heavy (non-hydrogen) atoms. The number of rotatable bonds is 7. The predicted molar refractivity (Wildman–Crippen MR) is 93.5 cm³/mol.